The third-order valence-corrected chi connectivity index (χ3v) is 6.25. The molecule has 3 aromatic rings. The van der Waals surface area contributed by atoms with E-state index in [9.17, 15) is 4.79 Å². The Morgan fingerprint density at radius 1 is 1.03 bits per heavy atom. The number of amides is 1. The van der Waals surface area contributed by atoms with Crippen molar-refractivity contribution in [3.8, 4) is 0 Å². The smallest absolute Gasteiger partial charge is 0.258 e. The minimum absolute atomic E-state index is 0.0394. The normalized spacial score (nSPS) is 20.2. The van der Waals surface area contributed by atoms with Gasteiger partial charge in [-0.25, -0.2) is 0 Å². The van der Waals surface area contributed by atoms with Crippen LogP contribution in [-0.4, -0.2) is 12.5 Å². The first kappa shape index (κ1) is 18.0. The highest BCUT2D eigenvalue weighted by atomic mass is 32.1. The van der Waals surface area contributed by atoms with Gasteiger partial charge in [0.1, 0.15) is 5.76 Å². The lowest BCUT2D eigenvalue weighted by Gasteiger charge is -2.38. The highest BCUT2D eigenvalue weighted by molar-refractivity contribution is 7.10. The van der Waals surface area contributed by atoms with Gasteiger partial charge in [-0.05, 0) is 42.1 Å². The first-order valence-electron chi connectivity index (χ1n) is 9.79. The van der Waals surface area contributed by atoms with E-state index >= 15 is 0 Å². The number of carbonyl (C=O) groups excluding carboxylic acids is 1. The van der Waals surface area contributed by atoms with E-state index in [1.807, 2.05) is 41.3 Å². The summed E-state index contributed by atoms with van der Waals surface area (Å²) in [5.41, 5.74) is 5.01. The Bertz CT molecular complexity index is 1100. The molecule has 5 rings (SSSR count). The topological polar surface area (TPSA) is 29.5 Å². The highest BCUT2D eigenvalue weighted by Crippen LogP contribution is 2.46. The summed E-state index contributed by atoms with van der Waals surface area (Å²) >= 11 is 1.69. The molecule has 2 aliphatic heterocycles. The summed E-state index contributed by atoms with van der Waals surface area (Å²) in [4.78, 5) is 16.7. The molecule has 2 aromatic carbocycles. The number of aryl methyl sites for hydroxylation is 1. The van der Waals surface area contributed by atoms with Crippen LogP contribution in [0.15, 0.2) is 89.0 Å². The van der Waals surface area contributed by atoms with Crippen LogP contribution < -0.4 is 4.90 Å². The van der Waals surface area contributed by atoms with E-state index < -0.39 is 0 Å². The van der Waals surface area contributed by atoms with Crippen molar-refractivity contribution < 1.29 is 9.53 Å². The van der Waals surface area contributed by atoms with Gasteiger partial charge in [0, 0.05) is 22.6 Å². The lowest BCUT2D eigenvalue weighted by atomic mass is 9.87. The van der Waals surface area contributed by atoms with Crippen molar-refractivity contribution in [2.45, 2.75) is 19.4 Å². The fraction of sp³-hybridized carbons (Fsp3) is 0.160. The van der Waals surface area contributed by atoms with Crippen molar-refractivity contribution in [1.29, 1.82) is 0 Å². The van der Waals surface area contributed by atoms with Crippen molar-refractivity contribution in [3.05, 3.63) is 105 Å². The molecule has 1 aromatic heterocycles. The van der Waals surface area contributed by atoms with E-state index in [2.05, 4.69) is 48.7 Å². The van der Waals surface area contributed by atoms with Crippen LogP contribution in [0.2, 0.25) is 0 Å². The Balaban J connectivity index is 1.75. The van der Waals surface area contributed by atoms with Crippen molar-refractivity contribution in [3.63, 3.8) is 0 Å². The molecule has 0 N–H and O–H groups in total. The molecule has 2 aliphatic rings. The molecular weight excluding hydrogens is 378 g/mol. The largest absolute Gasteiger partial charge is 0.492 e. The van der Waals surface area contributed by atoms with Crippen molar-refractivity contribution in [2.75, 3.05) is 11.5 Å². The number of benzene rings is 2. The maximum absolute atomic E-state index is 13.6. The molecule has 0 saturated carbocycles. The van der Waals surface area contributed by atoms with Gasteiger partial charge < -0.3 is 4.74 Å². The average molecular weight is 400 g/mol. The molecule has 144 valence electrons. The standard InChI is InChI=1S/C25H21NO2S/c1-17-9-11-18(12-10-17)23-22(16-20-8-5-15-29-20)24-21(13-14-28-24)25(27)26(23)19-6-3-2-4-7-19/h2-12,15-16,23H,13-14H2,1H3/b22-16-. The van der Waals surface area contributed by atoms with E-state index in [0.29, 0.717) is 13.0 Å². The van der Waals surface area contributed by atoms with Crippen LogP contribution in [0.3, 0.4) is 0 Å². The minimum Gasteiger partial charge on any atom is -0.492 e. The van der Waals surface area contributed by atoms with Gasteiger partial charge in [-0.2, -0.15) is 0 Å². The van der Waals surface area contributed by atoms with Gasteiger partial charge in [-0.15, -0.1) is 11.3 Å². The second-order valence-corrected chi connectivity index (χ2v) is 8.32. The van der Waals surface area contributed by atoms with Gasteiger partial charge in [-0.1, -0.05) is 54.1 Å². The van der Waals surface area contributed by atoms with Gasteiger partial charge in [0.05, 0.1) is 18.2 Å². The van der Waals surface area contributed by atoms with Gasteiger partial charge >= 0.3 is 0 Å². The number of rotatable bonds is 3. The zero-order chi connectivity index (χ0) is 19.8. The second kappa shape index (κ2) is 7.37. The maximum atomic E-state index is 13.6. The first-order chi connectivity index (χ1) is 14.2. The maximum Gasteiger partial charge on any atom is 0.258 e. The molecule has 1 amide bonds. The Morgan fingerprint density at radius 2 is 1.83 bits per heavy atom. The Kier molecular flexibility index (Phi) is 4.57. The molecule has 0 spiro atoms. The molecule has 29 heavy (non-hydrogen) atoms. The average Bonchev–Trinajstić information content (AvgIpc) is 3.43. The Labute approximate surface area is 174 Å². The number of carbonyl (C=O) groups is 1. The molecule has 1 unspecified atom stereocenters. The Morgan fingerprint density at radius 3 is 2.55 bits per heavy atom. The van der Waals surface area contributed by atoms with E-state index in [1.165, 1.54) is 5.56 Å². The predicted octanol–water partition coefficient (Wildman–Crippen LogP) is 5.90. The van der Waals surface area contributed by atoms with Gasteiger partial charge in [-0.3, -0.25) is 9.69 Å². The second-order valence-electron chi connectivity index (χ2n) is 7.35. The highest BCUT2D eigenvalue weighted by Gasteiger charge is 2.42. The van der Waals surface area contributed by atoms with Crippen molar-refractivity contribution in [1.82, 2.24) is 0 Å². The predicted molar refractivity (Wildman–Crippen MR) is 118 cm³/mol. The van der Waals surface area contributed by atoms with E-state index in [-0.39, 0.29) is 11.9 Å². The van der Waals surface area contributed by atoms with Gasteiger partial charge in [0.25, 0.3) is 5.91 Å². The van der Waals surface area contributed by atoms with Crippen LogP contribution in [0.4, 0.5) is 5.69 Å². The lowest BCUT2D eigenvalue weighted by Crippen LogP contribution is -2.40. The molecule has 0 radical (unpaired) electrons. The lowest BCUT2D eigenvalue weighted by molar-refractivity contribution is -0.115. The first-order valence-corrected chi connectivity index (χ1v) is 10.7. The molecule has 0 aliphatic carbocycles. The molecule has 0 saturated heterocycles. The summed E-state index contributed by atoms with van der Waals surface area (Å²) in [6.45, 7) is 2.63. The van der Waals surface area contributed by atoms with Crippen molar-refractivity contribution >= 4 is 29.0 Å². The van der Waals surface area contributed by atoms with Crippen LogP contribution in [0.1, 0.15) is 28.5 Å². The van der Waals surface area contributed by atoms with Crippen LogP contribution in [0, 0.1) is 6.92 Å². The van der Waals surface area contributed by atoms with E-state index in [4.69, 9.17) is 4.74 Å². The molecule has 3 heterocycles. The number of nitrogens with zero attached hydrogens (tertiary/aromatic N) is 1. The molecule has 4 heteroatoms. The third-order valence-electron chi connectivity index (χ3n) is 5.43. The molecule has 3 nitrogen and oxygen atoms in total. The molecule has 1 atom stereocenters. The van der Waals surface area contributed by atoms with Crippen LogP contribution in [0.5, 0.6) is 0 Å². The molecule has 0 fully saturated rings. The number of ether oxygens (including phenoxy) is 1. The molecule has 0 bridgehead atoms. The van der Waals surface area contributed by atoms with Gasteiger partial charge in [0.2, 0.25) is 0 Å². The number of para-hydroxylation sites is 1. The van der Waals surface area contributed by atoms with Gasteiger partial charge in [0.15, 0.2) is 0 Å². The summed E-state index contributed by atoms with van der Waals surface area (Å²) < 4.78 is 6.02. The van der Waals surface area contributed by atoms with E-state index in [1.54, 1.807) is 11.3 Å². The fourth-order valence-electron chi connectivity index (χ4n) is 4.05. The number of hydrogen-bond donors (Lipinski definition) is 0. The summed E-state index contributed by atoms with van der Waals surface area (Å²) in [5, 5.41) is 2.07. The number of hydrogen-bond acceptors (Lipinski definition) is 3. The zero-order valence-electron chi connectivity index (χ0n) is 16.2. The minimum atomic E-state index is -0.232. The zero-order valence-corrected chi connectivity index (χ0v) is 17.0. The SMILES string of the molecule is Cc1ccc(C2/C(=C/c3cccs3)C3=C(CCO3)C(=O)N2c2ccccc2)cc1. The fourth-order valence-corrected chi connectivity index (χ4v) is 4.71. The summed E-state index contributed by atoms with van der Waals surface area (Å²) in [6, 6.07) is 22.3. The van der Waals surface area contributed by atoms with Crippen LogP contribution in [0.25, 0.3) is 6.08 Å². The third kappa shape index (κ3) is 3.19. The van der Waals surface area contributed by atoms with Crippen LogP contribution in [-0.2, 0) is 9.53 Å². The Hall–Kier alpha value is -3.11. The summed E-state index contributed by atoms with van der Waals surface area (Å²) in [6.07, 6.45) is 2.83. The number of thiophene rings is 1. The summed E-state index contributed by atoms with van der Waals surface area (Å²) in [5.74, 6) is 0.804. The molecular formula is C25H21NO2S. The quantitative estimate of drug-likeness (QED) is 0.548. The summed E-state index contributed by atoms with van der Waals surface area (Å²) in [7, 11) is 0. The van der Waals surface area contributed by atoms with Crippen molar-refractivity contribution in [2.24, 2.45) is 0 Å². The van der Waals surface area contributed by atoms with E-state index in [0.717, 1.165) is 33.0 Å². The van der Waals surface area contributed by atoms with Crippen LogP contribution >= 0.6 is 11.3 Å². The monoisotopic (exact) mass is 399 g/mol. The number of anilines is 1.